The van der Waals surface area contributed by atoms with E-state index in [2.05, 4.69) is 54.7 Å². The van der Waals surface area contributed by atoms with E-state index in [-0.39, 0.29) is 12.6 Å². The Labute approximate surface area is 125 Å². The molecule has 106 valence electrons. The number of rotatable bonds is 4. The molecule has 3 rings (SSSR count). The van der Waals surface area contributed by atoms with Crippen LogP contribution in [0.15, 0.2) is 66.7 Å². The van der Waals surface area contributed by atoms with Crippen molar-refractivity contribution in [3.63, 3.8) is 0 Å². The number of benzene rings is 3. The van der Waals surface area contributed by atoms with Crippen LogP contribution < -0.4 is 5.32 Å². The maximum Gasteiger partial charge on any atom is 0.0682 e. The maximum atomic E-state index is 9.23. The Morgan fingerprint density at radius 3 is 2.57 bits per heavy atom. The Kier molecular flexibility index (Phi) is 3.89. The molecule has 0 fully saturated rings. The molecule has 3 aromatic carbocycles. The van der Waals surface area contributed by atoms with Crippen molar-refractivity contribution in [2.75, 3.05) is 5.32 Å². The second-order valence-electron chi connectivity index (χ2n) is 5.29. The van der Waals surface area contributed by atoms with E-state index in [0.717, 1.165) is 11.3 Å². The third-order valence-corrected chi connectivity index (χ3v) is 3.78. The van der Waals surface area contributed by atoms with Crippen LogP contribution in [0.4, 0.5) is 5.69 Å². The SMILES string of the molecule is CC(Nc1cccc(CO)c1)c1cccc2ccccc12. The van der Waals surface area contributed by atoms with Crippen molar-refractivity contribution >= 4 is 16.5 Å². The third kappa shape index (κ3) is 2.91. The fraction of sp³-hybridized carbons (Fsp3) is 0.158. The summed E-state index contributed by atoms with van der Waals surface area (Å²) in [4.78, 5) is 0. The second-order valence-corrected chi connectivity index (χ2v) is 5.29. The van der Waals surface area contributed by atoms with Crippen molar-refractivity contribution in [1.82, 2.24) is 0 Å². The minimum atomic E-state index is 0.0676. The smallest absolute Gasteiger partial charge is 0.0682 e. The summed E-state index contributed by atoms with van der Waals surface area (Å²) in [5, 5.41) is 15.3. The lowest BCUT2D eigenvalue weighted by Crippen LogP contribution is -2.07. The number of anilines is 1. The van der Waals surface area contributed by atoms with E-state index < -0.39 is 0 Å². The summed E-state index contributed by atoms with van der Waals surface area (Å²) in [7, 11) is 0. The first-order valence-corrected chi connectivity index (χ1v) is 7.22. The van der Waals surface area contributed by atoms with Gasteiger partial charge in [0.1, 0.15) is 0 Å². The highest BCUT2D eigenvalue weighted by Gasteiger charge is 2.09. The average molecular weight is 277 g/mol. The molecule has 2 heteroatoms. The van der Waals surface area contributed by atoms with Crippen molar-refractivity contribution in [3.05, 3.63) is 77.9 Å². The number of aliphatic hydroxyl groups excluding tert-OH is 1. The molecule has 2 N–H and O–H groups in total. The molecular weight excluding hydrogens is 258 g/mol. The molecule has 21 heavy (non-hydrogen) atoms. The van der Waals surface area contributed by atoms with Crippen molar-refractivity contribution in [2.24, 2.45) is 0 Å². The van der Waals surface area contributed by atoms with Gasteiger partial charge in [0, 0.05) is 11.7 Å². The summed E-state index contributed by atoms with van der Waals surface area (Å²) >= 11 is 0. The first-order chi connectivity index (χ1) is 10.3. The van der Waals surface area contributed by atoms with Gasteiger partial charge in [-0.15, -0.1) is 0 Å². The lowest BCUT2D eigenvalue weighted by molar-refractivity contribution is 0.282. The van der Waals surface area contributed by atoms with Gasteiger partial charge in [-0.2, -0.15) is 0 Å². The van der Waals surface area contributed by atoms with Crippen molar-refractivity contribution in [3.8, 4) is 0 Å². The molecule has 1 unspecified atom stereocenters. The Bertz CT molecular complexity index is 746. The second kappa shape index (κ2) is 5.98. The molecule has 0 saturated heterocycles. The molecule has 0 bridgehead atoms. The average Bonchev–Trinajstić information content (AvgIpc) is 2.54. The van der Waals surface area contributed by atoms with E-state index >= 15 is 0 Å². The predicted octanol–water partition coefficient (Wildman–Crippen LogP) is 4.51. The van der Waals surface area contributed by atoms with Crippen molar-refractivity contribution in [2.45, 2.75) is 19.6 Å². The van der Waals surface area contributed by atoms with Gasteiger partial charge in [0.2, 0.25) is 0 Å². The van der Waals surface area contributed by atoms with Crippen LogP contribution >= 0.6 is 0 Å². The lowest BCUT2D eigenvalue weighted by atomic mass is 9.99. The van der Waals surface area contributed by atoms with E-state index in [1.165, 1.54) is 16.3 Å². The summed E-state index contributed by atoms with van der Waals surface area (Å²) in [5.41, 5.74) is 3.23. The molecule has 0 saturated carbocycles. The Balaban J connectivity index is 1.91. The molecule has 0 amide bonds. The number of aliphatic hydroxyl groups is 1. The van der Waals surface area contributed by atoms with Crippen LogP contribution in [0.3, 0.4) is 0 Å². The van der Waals surface area contributed by atoms with Crippen LogP contribution in [-0.4, -0.2) is 5.11 Å². The van der Waals surface area contributed by atoms with Gasteiger partial charge in [-0.1, -0.05) is 54.6 Å². The van der Waals surface area contributed by atoms with Crippen LogP contribution in [0.2, 0.25) is 0 Å². The highest BCUT2D eigenvalue weighted by Crippen LogP contribution is 2.27. The number of nitrogens with one attached hydrogen (secondary N) is 1. The number of hydrogen-bond donors (Lipinski definition) is 2. The van der Waals surface area contributed by atoms with Crippen LogP contribution in [0.25, 0.3) is 10.8 Å². The largest absolute Gasteiger partial charge is 0.392 e. The molecular formula is C19H19NO. The van der Waals surface area contributed by atoms with Gasteiger partial charge in [-0.05, 0) is 41.0 Å². The Hall–Kier alpha value is -2.32. The molecule has 0 radical (unpaired) electrons. The molecule has 0 spiro atoms. The Morgan fingerprint density at radius 1 is 0.952 bits per heavy atom. The van der Waals surface area contributed by atoms with Crippen molar-refractivity contribution < 1.29 is 5.11 Å². The number of fused-ring (bicyclic) bond motifs is 1. The minimum absolute atomic E-state index is 0.0676. The minimum Gasteiger partial charge on any atom is -0.392 e. The molecule has 0 aliphatic carbocycles. The van der Waals surface area contributed by atoms with E-state index in [9.17, 15) is 5.11 Å². The predicted molar refractivity (Wildman–Crippen MR) is 88.4 cm³/mol. The van der Waals surface area contributed by atoms with E-state index in [4.69, 9.17) is 0 Å². The summed E-state index contributed by atoms with van der Waals surface area (Å²) in [6, 6.07) is 22.9. The van der Waals surface area contributed by atoms with Gasteiger partial charge in [-0.25, -0.2) is 0 Å². The van der Waals surface area contributed by atoms with Gasteiger partial charge in [0.05, 0.1) is 6.61 Å². The van der Waals surface area contributed by atoms with Crippen LogP contribution in [0.1, 0.15) is 24.1 Å². The zero-order valence-electron chi connectivity index (χ0n) is 12.1. The molecule has 3 aromatic rings. The van der Waals surface area contributed by atoms with Crippen molar-refractivity contribution in [1.29, 1.82) is 0 Å². The van der Waals surface area contributed by atoms with Gasteiger partial charge in [0.15, 0.2) is 0 Å². The first kappa shape index (κ1) is 13.7. The standard InChI is InChI=1S/C19H19NO/c1-14(20-17-9-4-6-15(12-17)13-21)18-11-5-8-16-7-2-3-10-19(16)18/h2-12,14,20-21H,13H2,1H3. The zero-order valence-corrected chi connectivity index (χ0v) is 12.1. The zero-order chi connectivity index (χ0) is 14.7. The highest BCUT2D eigenvalue weighted by molar-refractivity contribution is 5.86. The normalized spacial score (nSPS) is 12.3. The summed E-state index contributed by atoms with van der Waals surface area (Å²) in [5.74, 6) is 0. The monoisotopic (exact) mass is 277 g/mol. The molecule has 0 heterocycles. The van der Waals surface area contributed by atoms with Gasteiger partial charge in [-0.3, -0.25) is 0 Å². The first-order valence-electron chi connectivity index (χ1n) is 7.22. The molecule has 2 nitrogen and oxygen atoms in total. The van der Waals surface area contributed by atoms with Crippen LogP contribution in [0, 0.1) is 0 Å². The molecule has 0 aliphatic rings. The van der Waals surface area contributed by atoms with E-state index in [0.29, 0.717) is 0 Å². The number of hydrogen-bond acceptors (Lipinski definition) is 2. The Morgan fingerprint density at radius 2 is 1.71 bits per heavy atom. The fourth-order valence-corrected chi connectivity index (χ4v) is 2.72. The quantitative estimate of drug-likeness (QED) is 0.735. The molecule has 1 atom stereocenters. The van der Waals surface area contributed by atoms with E-state index in [1.807, 2.05) is 24.3 Å². The molecule has 0 aliphatic heterocycles. The fourth-order valence-electron chi connectivity index (χ4n) is 2.72. The maximum absolute atomic E-state index is 9.23. The van der Waals surface area contributed by atoms with Gasteiger partial charge >= 0.3 is 0 Å². The van der Waals surface area contributed by atoms with Crippen LogP contribution in [-0.2, 0) is 6.61 Å². The summed E-state index contributed by atoms with van der Waals surface area (Å²) in [6.45, 7) is 2.23. The van der Waals surface area contributed by atoms with Gasteiger partial charge in [0.25, 0.3) is 0 Å². The summed E-state index contributed by atoms with van der Waals surface area (Å²) in [6.07, 6.45) is 0. The van der Waals surface area contributed by atoms with E-state index in [1.54, 1.807) is 0 Å². The van der Waals surface area contributed by atoms with Gasteiger partial charge < -0.3 is 10.4 Å². The third-order valence-electron chi connectivity index (χ3n) is 3.78. The highest BCUT2D eigenvalue weighted by atomic mass is 16.3. The van der Waals surface area contributed by atoms with Crippen LogP contribution in [0.5, 0.6) is 0 Å². The topological polar surface area (TPSA) is 32.3 Å². The molecule has 0 aromatic heterocycles. The summed E-state index contributed by atoms with van der Waals surface area (Å²) < 4.78 is 0. The lowest BCUT2D eigenvalue weighted by Gasteiger charge is -2.18.